The molecule has 0 heterocycles. The Labute approximate surface area is 190 Å². The molecule has 31 heavy (non-hydrogen) atoms. The van der Waals surface area contributed by atoms with Crippen molar-refractivity contribution in [3.8, 4) is 5.75 Å². The molecule has 0 bridgehead atoms. The maximum Gasteiger partial charge on any atom is 0.119 e. The van der Waals surface area contributed by atoms with E-state index in [4.69, 9.17) is 4.74 Å². The summed E-state index contributed by atoms with van der Waals surface area (Å²) < 4.78 is 5.87. The first-order chi connectivity index (χ1) is 15.3. The van der Waals surface area contributed by atoms with Gasteiger partial charge in [-0.05, 0) is 61.2 Å². The lowest BCUT2D eigenvalue weighted by molar-refractivity contribution is 0.304. The third-order valence-electron chi connectivity index (χ3n) is 5.64. The molecule has 0 aromatic heterocycles. The Bertz CT molecular complexity index is 707. The number of benzene rings is 2. The van der Waals surface area contributed by atoms with E-state index < -0.39 is 0 Å². The Morgan fingerprint density at radius 1 is 0.548 bits per heavy atom. The molecule has 0 atom stereocenters. The van der Waals surface area contributed by atoms with Crippen LogP contribution in [0.4, 0.5) is 11.4 Å². The number of rotatable bonds is 17. The smallest absolute Gasteiger partial charge is 0.119 e. The van der Waals surface area contributed by atoms with E-state index >= 15 is 0 Å². The van der Waals surface area contributed by atoms with Gasteiger partial charge in [-0.15, -0.1) is 0 Å². The van der Waals surface area contributed by atoms with Crippen molar-refractivity contribution in [3.63, 3.8) is 0 Å². The fourth-order valence-electron chi connectivity index (χ4n) is 3.61. The second kappa shape index (κ2) is 16.5. The third kappa shape index (κ3) is 11.7. The number of ether oxygens (including phenoxy) is 1. The molecule has 0 aliphatic carbocycles. The van der Waals surface area contributed by atoms with Crippen LogP contribution in [0.3, 0.4) is 0 Å². The minimum Gasteiger partial charge on any atom is -0.494 e. The molecule has 0 saturated carbocycles. The predicted molar refractivity (Wildman–Crippen MR) is 133 cm³/mol. The molecule has 0 fully saturated rings. The lowest BCUT2D eigenvalue weighted by Gasteiger charge is -2.06. The number of azo groups is 1. The molecule has 0 N–H and O–H groups in total. The molecule has 0 amide bonds. The highest BCUT2D eigenvalue weighted by Gasteiger charge is 1.98. The van der Waals surface area contributed by atoms with Gasteiger partial charge in [0.05, 0.1) is 18.0 Å². The highest BCUT2D eigenvalue weighted by Crippen LogP contribution is 2.22. The second-order valence-electron chi connectivity index (χ2n) is 8.49. The van der Waals surface area contributed by atoms with Crippen LogP contribution in [0.15, 0.2) is 58.8 Å². The predicted octanol–water partition coefficient (Wildman–Crippen LogP) is 9.74. The van der Waals surface area contributed by atoms with Crippen molar-refractivity contribution in [3.05, 3.63) is 54.1 Å². The van der Waals surface area contributed by atoms with Gasteiger partial charge in [0.25, 0.3) is 0 Å². The van der Waals surface area contributed by atoms with E-state index in [0.29, 0.717) is 0 Å². The molecule has 0 aliphatic heterocycles. The third-order valence-corrected chi connectivity index (χ3v) is 5.64. The first kappa shape index (κ1) is 25.1. The maximum atomic E-state index is 5.87. The molecule has 0 unspecified atom stereocenters. The maximum absolute atomic E-state index is 5.87. The largest absolute Gasteiger partial charge is 0.494 e. The van der Waals surface area contributed by atoms with Crippen LogP contribution in [-0.2, 0) is 6.42 Å². The minimum atomic E-state index is 0.793. The van der Waals surface area contributed by atoms with E-state index in [1.54, 1.807) is 0 Å². The molecule has 170 valence electrons. The van der Waals surface area contributed by atoms with Crippen LogP contribution in [-0.4, -0.2) is 6.61 Å². The van der Waals surface area contributed by atoms with E-state index in [1.165, 1.54) is 76.2 Å². The van der Waals surface area contributed by atoms with E-state index in [0.717, 1.165) is 36.6 Å². The summed E-state index contributed by atoms with van der Waals surface area (Å²) in [5, 5.41) is 8.68. The van der Waals surface area contributed by atoms with Crippen molar-refractivity contribution in [1.82, 2.24) is 0 Å². The molecule has 0 spiro atoms. The van der Waals surface area contributed by atoms with Gasteiger partial charge >= 0.3 is 0 Å². The normalized spacial score (nSPS) is 11.3. The molecular formula is C28H42N2O. The molecule has 2 aromatic carbocycles. The average Bonchev–Trinajstić information content (AvgIpc) is 2.81. The van der Waals surface area contributed by atoms with Crippen LogP contribution < -0.4 is 4.74 Å². The van der Waals surface area contributed by atoms with E-state index in [2.05, 4.69) is 36.2 Å². The van der Waals surface area contributed by atoms with Crippen LogP contribution in [0.25, 0.3) is 0 Å². The molecule has 0 aliphatic rings. The highest BCUT2D eigenvalue weighted by molar-refractivity contribution is 5.43. The molecular weight excluding hydrogens is 380 g/mol. The van der Waals surface area contributed by atoms with Crippen molar-refractivity contribution in [2.75, 3.05) is 6.61 Å². The standard InChI is InChI=1S/C28H42N2O/c1-3-5-7-8-9-10-11-12-13-14-24-31-28-22-20-27(21-23-28)30-29-26-18-16-25(17-19-26)15-6-4-2/h16-23H,3-15,24H2,1-2H3. The SMILES string of the molecule is CCCCCCCCCCCCOc1ccc(N=Nc2ccc(CCCC)cc2)cc1. The van der Waals surface area contributed by atoms with Crippen molar-refractivity contribution >= 4 is 11.4 Å². The van der Waals surface area contributed by atoms with Crippen LogP contribution in [0.2, 0.25) is 0 Å². The van der Waals surface area contributed by atoms with Crippen LogP contribution >= 0.6 is 0 Å². The Balaban J connectivity index is 1.57. The number of hydrogen-bond acceptors (Lipinski definition) is 3. The molecule has 0 radical (unpaired) electrons. The van der Waals surface area contributed by atoms with Crippen molar-refractivity contribution in [1.29, 1.82) is 0 Å². The monoisotopic (exact) mass is 422 g/mol. The zero-order valence-corrected chi connectivity index (χ0v) is 19.8. The van der Waals surface area contributed by atoms with E-state index in [9.17, 15) is 0 Å². The summed E-state index contributed by atoms with van der Waals surface area (Å²) in [5.74, 6) is 0.912. The zero-order chi connectivity index (χ0) is 22.0. The number of hydrogen-bond donors (Lipinski definition) is 0. The van der Waals surface area contributed by atoms with Gasteiger partial charge in [0.15, 0.2) is 0 Å². The fourth-order valence-corrected chi connectivity index (χ4v) is 3.61. The van der Waals surface area contributed by atoms with Crippen molar-refractivity contribution in [2.45, 2.75) is 97.3 Å². The Kier molecular flexibility index (Phi) is 13.4. The average molecular weight is 423 g/mol. The highest BCUT2D eigenvalue weighted by atomic mass is 16.5. The first-order valence-corrected chi connectivity index (χ1v) is 12.6. The summed E-state index contributed by atoms with van der Waals surface area (Å²) in [7, 11) is 0. The van der Waals surface area contributed by atoms with E-state index in [-0.39, 0.29) is 0 Å². The first-order valence-electron chi connectivity index (χ1n) is 12.6. The van der Waals surface area contributed by atoms with Crippen molar-refractivity contribution in [2.24, 2.45) is 10.2 Å². The molecule has 3 heteroatoms. The van der Waals surface area contributed by atoms with Gasteiger partial charge in [-0.2, -0.15) is 10.2 Å². The Morgan fingerprint density at radius 2 is 1.03 bits per heavy atom. The summed E-state index contributed by atoms with van der Waals surface area (Å²) in [6.07, 6.45) is 17.0. The summed E-state index contributed by atoms with van der Waals surface area (Å²) in [4.78, 5) is 0. The lowest BCUT2D eigenvalue weighted by atomic mass is 10.1. The summed E-state index contributed by atoms with van der Waals surface area (Å²) in [6, 6.07) is 16.3. The van der Waals surface area contributed by atoms with Gasteiger partial charge in [0.1, 0.15) is 5.75 Å². The summed E-state index contributed by atoms with van der Waals surface area (Å²) >= 11 is 0. The minimum absolute atomic E-state index is 0.793. The van der Waals surface area contributed by atoms with Crippen LogP contribution in [0.1, 0.15) is 96.5 Å². The van der Waals surface area contributed by atoms with E-state index in [1.807, 2.05) is 36.4 Å². The molecule has 2 aromatic rings. The zero-order valence-electron chi connectivity index (χ0n) is 19.8. The molecule has 3 nitrogen and oxygen atoms in total. The second-order valence-corrected chi connectivity index (χ2v) is 8.49. The van der Waals surface area contributed by atoms with Gasteiger partial charge in [-0.25, -0.2) is 0 Å². The van der Waals surface area contributed by atoms with Gasteiger partial charge in [0.2, 0.25) is 0 Å². The number of nitrogens with zero attached hydrogens (tertiary/aromatic N) is 2. The Hall–Kier alpha value is -2.16. The lowest BCUT2D eigenvalue weighted by Crippen LogP contribution is -1.96. The number of aryl methyl sites for hydroxylation is 1. The fraction of sp³-hybridized carbons (Fsp3) is 0.571. The van der Waals surface area contributed by atoms with Crippen molar-refractivity contribution < 1.29 is 4.74 Å². The quantitative estimate of drug-likeness (QED) is 0.184. The van der Waals surface area contributed by atoms with Gasteiger partial charge in [0, 0.05) is 0 Å². The summed E-state index contributed by atoms with van der Waals surface area (Å²) in [5.41, 5.74) is 3.10. The topological polar surface area (TPSA) is 34.0 Å². The van der Waals surface area contributed by atoms with Gasteiger partial charge in [-0.1, -0.05) is 90.2 Å². The summed E-state index contributed by atoms with van der Waals surface area (Å²) in [6.45, 7) is 5.29. The number of unbranched alkanes of at least 4 members (excludes halogenated alkanes) is 10. The van der Waals surface area contributed by atoms with Crippen LogP contribution in [0.5, 0.6) is 5.75 Å². The van der Waals surface area contributed by atoms with Gasteiger partial charge < -0.3 is 4.74 Å². The Morgan fingerprint density at radius 3 is 1.58 bits per heavy atom. The van der Waals surface area contributed by atoms with Gasteiger partial charge in [-0.3, -0.25) is 0 Å². The molecule has 2 rings (SSSR count). The van der Waals surface area contributed by atoms with Crippen LogP contribution in [0, 0.1) is 0 Å². The molecule has 0 saturated heterocycles.